The number of carbonyl (C=O) groups excluding carboxylic acids is 2. The molecule has 0 fully saturated rings. The average Bonchev–Trinajstić information content (AvgIpc) is 2.49. The van der Waals surface area contributed by atoms with E-state index < -0.39 is 5.91 Å². The fourth-order valence-electron chi connectivity index (χ4n) is 2.16. The van der Waals surface area contributed by atoms with Crippen molar-refractivity contribution in [2.24, 2.45) is 5.73 Å². The van der Waals surface area contributed by atoms with Crippen molar-refractivity contribution in [3.63, 3.8) is 0 Å². The van der Waals surface area contributed by atoms with Crippen molar-refractivity contribution >= 4 is 11.8 Å². The summed E-state index contributed by atoms with van der Waals surface area (Å²) in [7, 11) is 1.67. The zero-order chi connectivity index (χ0) is 16.1. The maximum atomic E-state index is 12.9. The maximum absolute atomic E-state index is 12.9. The molecule has 0 bridgehead atoms. The molecular formula is C17H17FN2O2. The molecule has 0 spiro atoms. The first kappa shape index (κ1) is 15.7. The second kappa shape index (κ2) is 6.85. The van der Waals surface area contributed by atoms with E-state index in [1.54, 1.807) is 43.4 Å². The third kappa shape index (κ3) is 3.91. The molecule has 0 aromatic heterocycles. The zero-order valence-electron chi connectivity index (χ0n) is 12.3. The summed E-state index contributed by atoms with van der Waals surface area (Å²) in [6.45, 7) is 0.373. The minimum Gasteiger partial charge on any atom is -0.366 e. The number of halogens is 1. The Bertz CT molecular complexity index is 683. The molecule has 0 saturated heterocycles. The van der Waals surface area contributed by atoms with Gasteiger partial charge in [-0.15, -0.1) is 0 Å². The molecule has 2 aromatic rings. The largest absolute Gasteiger partial charge is 0.366 e. The van der Waals surface area contributed by atoms with Gasteiger partial charge in [-0.2, -0.15) is 0 Å². The molecule has 0 aliphatic carbocycles. The zero-order valence-corrected chi connectivity index (χ0v) is 12.3. The lowest BCUT2D eigenvalue weighted by molar-refractivity contribution is -0.129. The summed E-state index contributed by atoms with van der Waals surface area (Å²) in [5.41, 5.74) is 7.09. The van der Waals surface area contributed by atoms with Gasteiger partial charge in [-0.05, 0) is 29.3 Å². The maximum Gasteiger partial charge on any atom is 0.248 e. The highest BCUT2D eigenvalue weighted by atomic mass is 19.1. The number of amides is 2. The van der Waals surface area contributed by atoms with Gasteiger partial charge in [-0.3, -0.25) is 9.59 Å². The fourth-order valence-corrected chi connectivity index (χ4v) is 2.16. The molecule has 0 aliphatic heterocycles. The highest BCUT2D eigenvalue weighted by Crippen LogP contribution is 2.12. The molecule has 4 nitrogen and oxygen atoms in total. The number of hydrogen-bond acceptors (Lipinski definition) is 2. The summed E-state index contributed by atoms with van der Waals surface area (Å²) in [5.74, 6) is -1.00. The molecule has 22 heavy (non-hydrogen) atoms. The van der Waals surface area contributed by atoms with Gasteiger partial charge in [-0.25, -0.2) is 4.39 Å². The van der Waals surface area contributed by atoms with Gasteiger partial charge in [-0.1, -0.05) is 30.3 Å². The second-order valence-corrected chi connectivity index (χ2v) is 5.07. The molecule has 0 radical (unpaired) electrons. The standard InChI is InChI=1S/C17H17FN2O2/c1-20(11-12-6-8-14(18)9-7-12)16(21)10-13-4-2-3-5-15(13)17(19)22/h2-9H,10-11H2,1H3,(H2,19,22). The van der Waals surface area contributed by atoms with Crippen LogP contribution in [0.4, 0.5) is 4.39 Å². The van der Waals surface area contributed by atoms with Crippen molar-refractivity contribution in [1.82, 2.24) is 4.90 Å². The Morgan fingerprint density at radius 3 is 2.36 bits per heavy atom. The molecule has 2 amide bonds. The van der Waals surface area contributed by atoms with Crippen molar-refractivity contribution in [2.45, 2.75) is 13.0 Å². The molecule has 2 rings (SSSR count). The summed E-state index contributed by atoms with van der Waals surface area (Å²) >= 11 is 0. The van der Waals surface area contributed by atoms with E-state index in [4.69, 9.17) is 5.73 Å². The van der Waals surface area contributed by atoms with Gasteiger partial charge in [0.05, 0.1) is 6.42 Å². The number of hydrogen-bond donors (Lipinski definition) is 1. The topological polar surface area (TPSA) is 63.4 Å². The Balaban J connectivity index is 2.05. The van der Waals surface area contributed by atoms with Crippen molar-refractivity contribution in [2.75, 3.05) is 7.05 Å². The lowest BCUT2D eigenvalue weighted by Crippen LogP contribution is -2.28. The molecular weight excluding hydrogens is 283 g/mol. The van der Waals surface area contributed by atoms with Crippen LogP contribution in [0.2, 0.25) is 0 Å². The lowest BCUT2D eigenvalue weighted by atomic mass is 10.0. The van der Waals surface area contributed by atoms with Gasteiger partial charge >= 0.3 is 0 Å². The van der Waals surface area contributed by atoms with Gasteiger partial charge in [0.25, 0.3) is 0 Å². The smallest absolute Gasteiger partial charge is 0.248 e. The third-order valence-electron chi connectivity index (χ3n) is 3.38. The van der Waals surface area contributed by atoms with Crippen molar-refractivity contribution in [3.8, 4) is 0 Å². The van der Waals surface area contributed by atoms with Crippen LogP contribution in [0, 0.1) is 5.82 Å². The van der Waals surface area contributed by atoms with E-state index in [9.17, 15) is 14.0 Å². The first-order chi connectivity index (χ1) is 10.5. The van der Waals surface area contributed by atoms with Crippen LogP contribution in [-0.2, 0) is 17.8 Å². The molecule has 0 atom stereocenters. The van der Waals surface area contributed by atoms with Gasteiger partial charge in [0.2, 0.25) is 11.8 Å². The number of primary amides is 1. The monoisotopic (exact) mass is 300 g/mol. The van der Waals surface area contributed by atoms with E-state index >= 15 is 0 Å². The van der Waals surface area contributed by atoms with Crippen LogP contribution in [0.5, 0.6) is 0 Å². The lowest BCUT2D eigenvalue weighted by Gasteiger charge is -2.18. The van der Waals surface area contributed by atoms with Crippen LogP contribution in [0.3, 0.4) is 0 Å². The van der Waals surface area contributed by atoms with Crippen LogP contribution < -0.4 is 5.73 Å². The first-order valence-electron chi connectivity index (χ1n) is 6.83. The average molecular weight is 300 g/mol. The van der Waals surface area contributed by atoms with E-state index in [2.05, 4.69) is 0 Å². The number of rotatable bonds is 5. The Morgan fingerprint density at radius 1 is 1.09 bits per heavy atom. The predicted molar refractivity (Wildman–Crippen MR) is 81.5 cm³/mol. The van der Waals surface area contributed by atoms with Gasteiger partial charge in [0.15, 0.2) is 0 Å². The highest BCUT2D eigenvalue weighted by Gasteiger charge is 2.14. The Kier molecular flexibility index (Phi) is 4.88. The molecule has 0 heterocycles. The van der Waals surface area contributed by atoms with E-state index in [0.29, 0.717) is 17.7 Å². The number of likely N-dealkylation sites (N-methyl/N-ethyl adjacent to an activating group) is 1. The third-order valence-corrected chi connectivity index (χ3v) is 3.38. The molecule has 114 valence electrons. The van der Waals surface area contributed by atoms with Crippen molar-refractivity contribution < 1.29 is 14.0 Å². The van der Waals surface area contributed by atoms with E-state index in [-0.39, 0.29) is 18.1 Å². The normalized spacial score (nSPS) is 10.3. The van der Waals surface area contributed by atoms with Crippen LogP contribution >= 0.6 is 0 Å². The molecule has 2 aromatic carbocycles. The Morgan fingerprint density at radius 2 is 1.73 bits per heavy atom. The SMILES string of the molecule is CN(Cc1ccc(F)cc1)C(=O)Cc1ccccc1C(N)=O. The number of nitrogens with zero attached hydrogens (tertiary/aromatic N) is 1. The number of carbonyl (C=O) groups is 2. The molecule has 0 aliphatic rings. The number of nitrogens with two attached hydrogens (primary N) is 1. The van der Waals surface area contributed by atoms with Crippen LogP contribution in [0.25, 0.3) is 0 Å². The van der Waals surface area contributed by atoms with Gasteiger partial charge in [0.1, 0.15) is 5.82 Å². The van der Waals surface area contributed by atoms with Gasteiger partial charge in [0, 0.05) is 19.2 Å². The number of benzene rings is 2. The summed E-state index contributed by atoms with van der Waals surface area (Å²) < 4.78 is 12.9. The van der Waals surface area contributed by atoms with Crippen LogP contribution in [0.15, 0.2) is 48.5 Å². The van der Waals surface area contributed by atoms with Crippen LogP contribution in [-0.4, -0.2) is 23.8 Å². The van der Waals surface area contributed by atoms with Crippen molar-refractivity contribution in [3.05, 3.63) is 71.0 Å². The Labute approximate surface area is 128 Å². The summed E-state index contributed by atoms with van der Waals surface area (Å²) in [4.78, 5) is 25.1. The summed E-state index contributed by atoms with van der Waals surface area (Å²) in [5, 5.41) is 0. The summed E-state index contributed by atoms with van der Waals surface area (Å²) in [6.07, 6.45) is 0.0941. The van der Waals surface area contributed by atoms with E-state index in [1.807, 2.05) is 0 Å². The quantitative estimate of drug-likeness (QED) is 0.919. The first-order valence-corrected chi connectivity index (χ1v) is 6.83. The van der Waals surface area contributed by atoms with Crippen LogP contribution in [0.1, 0.15) is 21.5 Å². The minimum atomic E-state index is -0.551. The highest BCUT2D eigenvalue weighted by molar-refractivity contribution is 5.95. The van der Waals surface area contributed by atoms with E-state index in [1.165, 1.54) is 17.0 Å². The van der Waals surface area contributed by atoms with Gasteiger partial charge < -0.3 is 10.6 Å². The fraction of sp³-hybridized carbons (Fsp3) is 0.176. The molecule has 0 saturated carbocycles. The molecule has 5 heteroatoms. The van der Waals surface area contributed by atoms with Crippen molar-refractivity contribution in [1.29, 1.82) is 0 Å². The minimum absolute atomic E-state index is 0.0941. The predicted octanol–water partition coefficient (Wildman–Crippen LogP) is 2.13. The second-order valence-electron chi connectivity index (χ2n) is 5.07. The summed E-state index contributed by atoms with van der Waals surface area (Å²) in [6, 6.07) is 12.8. The molecule has 0 unspecified atom stereocenters. The molecule has 2 N–H and O–H groups in total. The Hall–Kier alpha value is -2.69. The van der Waals surface area contributed by atoms with E-state index in [0.717, 1.165) is 5.56 Å².